The van der Waals surface area contributed by atoms with Gasteiger partial charge in [-0.2, -0.15) is 5.26 Å². The lowest BCUT2D eigenvalue weighted by molar-refractivity contribution is -0.114. The number of anilines is 2. The average Bonchev–Trinajstić information content (AvgIpc) is 2.59. The number of nitrogens with one attached hydrogen (secondary N) is 1. The first-order valence-electron chi connectivity index (χ1n) is 7.85. The number of carbonyl (C=O) groups is 1. The number of nitrogens with zero attached hydrogens (tertiary/aromatic N) is 2. The van der Waals surface area contributed by atoms with Crippen LogP contribution in [-0.4, -0.2) is 19.6 Å². The maximum atomic E-state index is 11.3. The number of ether oxygens (including phenoxy) is 1. The lowest BCUT2D eigenvalue weighted by atomic mass is 10.1. The van der Waals surface area contributed by atoms with E-state index in [1.807, 2.05) is 36.4 Å². The van der Waals surface area contributed by atoms with Crippen molar-refractivity contribution in [2.24, 2.45) is 0 Å². The van der Waals surface area contributed by atoms with E-state index in [9.17, 15) is 4.79 Å². The quantitative estimate of drug-likeness (QED) is 0.805. The second-order valence-electron chi connectivity index (χ2n) is 5.52. The van der Waals surface area contributed by atoms with Crippen molar-refractivity contribution in [3.05, 3.63) is 53.1 Å². The lowest BCUT2D eigenvalue weighted by Gasteiger charge is -2.26. The normalized spacial score (nSPS) is 10.0. The molecule has 0 bridgehead atoms. The molecule has 1 N–H and O–H groups in total. The van der Waals surface area contributed by atoms with Crippen LogP contribution in [-0.2, 0) is 11.3 Å². The standard InChI is InChI=1S/C19H20ClN3O2/c1-14(24)22-17-8-9-19(25-2)18(12-17)23(11-3-10-21)13-15-4-6-16(20)7-5-15/h4-9,12H,3,11,13H2,1-2H3,(H,22,24). The molecule has 0 aliphatic rings. The second kappa shape index (κ2) is 8.95. The van der Waals surface area contributed by atoms with Gasteiger partial charge in [0.2, 0.25) is 5.91 Å². The first-order chi connectivity index (χ1) is 12.0. The zero-order chi connectivity index (χ0) is 18.2. The van der Waals surface area contributed by atoms with Gasteiger partial charge in [0.25, 0.3) is 0 Å². The third-order valence-corrected chi connectivity index (χ3v) is 3.87. The molecule has 0 radical (unpaired) electrons. The minimum Gasteiger partial charge on any atom is -0.495 e. The van der Waals surface area contributed by atoms with Gasteiger partial charge in [0.1, 0.15) is 5.75 Å². The molecule has 0 spiro atoms. The van der Waals surface area contributed by atoms with E-state index in [4.69, 9.17) is 21.6 Å². The van der Waals surface area contributed by atoms with E-state index < -0.39 is 0 Å². The SMILES string of the molecule is COc1ccc(NC(C)=O)cc1N(CCC#N)Cc1ccc(Cl)cc1. The highest BCUT2D eigenvalue weighted by molar-refractivity contribution is 6.30. The Morgan fingerprint density at radius 3 is 2.60 bits per heavy atom. The van der Waals surface area contributed by atoms with E-state index in [1.165, 1.54) is 6.92 Å². The Morgan fingerprint density at radius 2 is 2.00 bits per heavy atom. The number of methoxy groups -OCH3 is 1. The molecule has 0 fully saturated rings. The molecule has 0 saturated carbocycles. The molecule has 2 aromatic carbocycles. The van der Waals surface area contributed by atoms with Crippen molar-refractivity contribution in [3.63, 3.8) is 0 Å². The summed E-state index contributed by atoms with van der Waals surface area (Å²) in [4.78, 5) is 13.4. The van der Waals surface area contributed by atoms with Crippen LogP contribution in [0.3, 0.4) is 0 Å². The Balaban J connectivity index is 2.36. The van der Waals surface area contributed by atoms with Gasteiger partial charge in [-0.25, -0.2) is 0 Å². The molecule has 6 heteroatoms. The summed E-state index contributed by atoms with van der Waals surface area (Å²) in [5.41, 5.74) is 2.56. The smallest absolute Gasteiger partial charge is 0.221 e. The summed E-state index contributed by atoms with van der Waals surface area (Å²) in [6.07, 6.45) is 0.376. The Kier molecular flexibility index (Phi) is 6.67. The van der Waals surface area contributed by atoms with Gasteiger partial charge in [-0.3, -0.25) is 4.79 Å². The van der Waals surface area contributed by atoms with E-state index in [0.29, 0.717) is 36.0 Å². The van der Waals surface area contributed by atoms with Gasteiger partial charge in [0, 0.05) is 30.7 Å². The van der Waals surface area contributed by atoms with E-state index in [2.05, 4.69) is 16.3 Å². The van der Waals surface area contributed by atoms with E-state index in [0.717, 1.165) is 11.3 Å². The molecule has 130 valence electrons. The lowest BCUT2D eigenvalue weighted by Crippen LogP contribution is -2.24. The van der Waals surface area contributed by atoms with Crippen LogP contribution in [0.2, 0.25) is 5.02 Å². The summed E-state index contributed by atoms with van der Waals surface area (Å²) in [5.74, 6) is 0.540. The number of hydrogen-bond donors (Lipinski definition) is 1. The number of carbonyl (C=O) groups excluding carboxylic acids is 1. The molecule has 0 saturated heterocycles. The van der Waals surface area contributed by atoms with Crippen LogP contribution in [0.4, 0.5) is 11.4 Å². The molecule has 0 unspecified atom stereocenters. The predicted molar refractivity (Wildman–Crippen MR) is 100 cm³/mol. The number of halogens is 1. The summed E-state index contributed by atoms with van der Waals surface area (Å²) in [7, 11) is 1.60. The number of benzene rings is 2. The zero-order valence-corrected chi connectivity index (χ0v) is 15.0. The van der Waals surface area contributed by atoms with Crippen LogP contribution in [0.5, 0.6) is 5.75 Å². The van der Waals surface area contributed by atoms with Crippen LogP contribution in [0.1, 0.15) is 18.9 Å². The van der Waals surface area contributed by atoms with Gasteiger partial charge in [-0.15, -0.1) is 0 Å². The van der Waals surface area contributed by atoms with Gasteiger partial charge in [0.15, 0.2) is 0 Å². The predicted octanol–water partition coefficient (Wildman–Crippen LogP) is 4.23. The Hall–Kier alpha value is -2.71. The number of hydrogen-bond acceptors (Lipinski definition) is 4. The van der Waals surface area contributed by atoms with E-state index >= 15 is 0 Å². The van der Waals surface area contributed by atoms with Gasteiger partial charge in [-0.05, 0) is 35.9 Å². The summed E-state index contributed by atoms with van der Waals surface area (Å²) in [6, 6.07) is 15.2. The Labute approximate surface area is 152 Å². The highest BCUT2D eigenvalue weighted by Crippen LogP contribution is 2.32. The summed E-state index contributed by atoms with van der Waals surface area (Å²) >= 11 is 5.95. The van der Waals surface area contributed by atoms with Crippen molar-refractivity contribution < 1.29 is 9.53 Å². The molecule has 0 aliphatic heterocycles. The van der Waals surface area contributed by atoms with Crippen LogP contribution in [0, 0.1) is 11.3 Å². The first kappa shape index (κ1) is 18.6. The van der Waals surface area contributed by atoms with E-state index in [-0.39, 0.29) is 5.91 Å². The monoisotopic (exact) mass is 357 g/mol. The molecule has 1 amide bonds. The second-order valence-corrected chi connectivity index (χ2v) is 5.96. The largest absolute Gasteiger partial charge is 0.495 e. The summed E-state index contributed by atoms with van der Waals surface area (Å²) in [5, 5.41) is 12.4. The van der Waals surface area contributed by atoms with Gasteiger partial charge >= 0.3 is 0 Å². The van der Waals surface area contributed by atoms with Crippen molar-refractivity contribution in [2.45, 2.75) is 19.9 Å². The molecule has 2 rings (SSSR count). The molecule has 2 aromatic rings. The Morgan fingerprint density at radius 1 is 1.28 bits per heavy atom. The molecule has 0 atom stereocenters. The first-order valence-corrected chi connectivity index (χ1v) is 8.23. The van der Waals surface area contributed by atoms with E-state index in [1.54, 1.807) is 13.2 Å². The highest BCUT2D eigenvalue weighted by atomic mass is 35.5. The third-order valence-electron chi connectivity index (χ3n) is 3.62. The maximum absolute atomic E-state index is 11.3. The fourth-order valence-corrected chi connectivity index (χ4v) is 2.62. The van der Waals surface area contributed by atoms with Crippen molar-refractivity contribution >= 4 is 28.9 Å². The molecule has 0 heterocycles. The van der Waals surface area contributed by atoms with Crippen LogP contribution < -0.4 is 15.0 Å². The van der Waals surface area contributed by atoms with Crippen LogP contribution in [0.15, 0.2) is 42.5 Å². The topological polar surface area (TPSA) is 65.4 Å². The van der Waals surface area contributed by atoms with Crippen molar-refractivity contribution in [1.29, 1.82) is 5.26 Å². The van der Waals surface area contributed by atoms with Crippen molar-refractivity contribution in [3.8, 4) is 11.8 Å². The molecule has 5 nitrogen and oxygen atoms in total. The third kappa shape index (κ3) is 5.40. The van der Waals surface area contributed by atoms with Crippen LogP contribution >= 0.6 is 11.6 Å². The van der Waals surface area contributed by atoms with Crippen molar-refractivity contribution in [2.75, 3.05) is 23.9 Å². The molecule has 25 heavy (non-hydrogen) atoms. The maximum Gasteiger partial charge on any atom is 0.221 e. The number of amides is 1. The van der Waals surface area contributed by atoms with Gasteiger partial charge in [0.05, 0.1) is 25.3 Å². The molecule has 0 aliphatic carbocycles. The molecular formula is C19H20ClN3O2. The molecular weight excluding hydrogens is 338 g/mol. The fraction of sp³-hybridized carbons (Fsp3) is 0.263. The van der Waals surface area contributed by atoms with Crippen molar-refractivity contribution in [1.82, 2.24) is 0 Å². The average molecular weight is 358 g/mol. The van der Waals surface area contributed by atoms with Crippen LogP contribution in [0.25, 0.3) is 0 Å². The number of rotatable bonds is 7. The Bertz CT molecular complexity index is 769. The fourth-order valence-electron chi connectivity index (χ4n) is 2.50. The minimum absolute atomic E-state index is 0.141. The van der Waals surface area contributed by atoms with Gasteiger partial charge in [-0.1, -0.05) is 23.7 Å². The summed E-state index contributed by atoms with van der Waals surface area (Å²) < 4.78 is 5.46. The zero-order valence-electron chi connectivity index (χ0n) is 14.3. The van der Waals surface area contributed by atoms with Gasteiger partial charge < -0.3 is 15.0 Å². The minimum atomic E-state index is -0.141. The molecule has 0 aromatic heterocycles. The number of nitriles is 1. The summed E-state index contributed by atoms with van der Waals surface area (Å²) in [6.45, 7) is 2.60. The highest BCUT2D eigenvalue weighted by Gasteiger charge is 2.14.